The first-order valence-corrected chi connectivity index (χ1v) is 7.50. The molecule has 0 spiro atoms. The minimum absolute atomic E-state index is 0.404. The van der Waals surface area contributed by atoms with Gasteiger partial charge in [-0.3, -0.25) is 0 Å². The van der Waals surface area contributed by atoms with Crippen LogP contribution in [0.2, 0.25) is 0 Å². The van der Waals surface area contributed by atoms with Crippen LogP contribution >= 0.6 is 22.6 Å². The van der Waals surface area contributed by atoms with Crippen molar-refractivity contribution < 1.29 is 9.90 Å². The van der Waals surface area contributed by atoms with Gasteiger partial charge in [-0.15, -0.1) is 0 Å². The van der Waals surface area contributed by atoms with Crippen molar-refractivity contribution in [3.05, 3.63) is 38.5 Å². The number of rotatable bonds is 2. The molecule has 1 N–H and O–H groups in total. The number of carboxylic acid groups (broad SMARTS) is 1. The molecule has 0 saturated carbocycles. The van der Waals surface area contributed by atoms with Crippen molar-refractivity contribution in [3.8, 4) is 0 Å². The van der Waals surface area contributed by atoms with Crippen molar-refractivity contribution in [2.24, 2.45) is 0 Å². The summed E-state index contributed by atoms with van der Waals surface area (Å²) in [5, 5.41) is 9.29. The van der Waals surface area contributed by atoms with E-state index in [1.165, 1.54) is 11.1 Å². The fourth-order valence-electron chi connectivity index (χ4n) is 2.46. The van der Waals surface area contributed by atoms with Crippen LogP contribution in [0.25, 0.3) is 0 Å². The molecule has 1 heterocycles. The van der Waals surface area contributed by atoms with E-state index in [2.05, 4.69) is 41.3 Å². The number of carboxylic acids is 1. The maximum atomic E-state index is 11.3. The van der Waals surface area contributed by atoms with Crippen LogP contribution < -0.4 is 4.90 Å². The largest absolute Gasteiger partial charge is 0.478 e. The van der Waals surface area contributed by atoms with Crippen molar-refractivity contribution in [2.45, 2.75) is 26.7 Å². The Bertz CT molecular complexity index is 523. The summed E-state index contributed by atoms with van der Waals surface area (Å²) in [6.45, 7) is 6.11. The first kappa shape index (κ1) is 14.4. The van der Waals surface area contributed by atoms with Gasteiger partial charge in [-0.05, 0) is 67.5 Å². The summed E-state index contributed by atoms with van der Waals surface area (Å²) < 4.78 is 1.07. The topological polar surface area (TPSA) is 40.5 Å². The van der Waals surface area contributed by atoms with Gasteiger partial charge in [0, 0.05) is 16.7 Å². The highest BCUT2D eigenvalue weighted by Crippen LogP contribution is 2.28. The van der Waals surface area contributed by atoms with Crippen LogP contribution in [0.3, 0.4) is 0 Å². The first-order valence-electron chi connectivity index (χ1n) is 6.42. The fourth-order valence-corrected chi connectivity index (χ4v) is 2.94. The average molecular weight is 371 g/mol. The minimum atomic E-state index is -0.848. The number of anilines is 1. The Morgan fingerprint density at radius 3 is 2.42 bits per heavy atom. The Kier molecular flexibility index (Phi) is 4.50. The molecule has 1 aliphatic rings. The van der Waals surface area contributed by atoms with Crippen LogP contribution in [0.5, 0.6) is 0 Å². The normalized spacial score (nSPS) is 15.5. The standard InChI is InChI=1S/C15H18INO2/c1-10(2)11-5-7-17(8-6-11)14-9-12(16)3-4-13(14)15(18)19/h3-4,9H,5-8H2,1-2H3,(H,18,19). The summed E-state index contributed by atoms with van der Waals surface area (Å²) in [4.78, 5) is 13.5. The predicted molar refractivity (Wildman–Crippen MR) is 85.9 cm³/mol. The Morgan fingerprint density at radius 2 is 1.89 bits per heavy atom. The molecule has 0 bridgehead atoms. The monoisotopic (exact) mass is 371 g/mol. The lowest BCUT2D eigenvalue weighted by atomic mass is 9.98. The van der Waals surface area contributed by atoms with E-state index in [4.69, 9.17) is 0 Å². The molecule has 2 rings (SSSR count). The predicted octanol–water partition coefficient (Wildman–Crippen LogP) is 3.93. The van der Waals surface area contributed by atoms with Gasteiger partial charge in [0.1, 0.15) is 0 Å². The fraction of sp³-hybridized carbons (Fsp3) is 0.400. The van der Waals surface area contributed by atoms with E-state index in [9.17, 15) is 9.90 Å². The van der Waals surface area contributed by atoms with Crippen molar-refractivity contribution in [3.63, 3.8) is 0 Å². The number of benzene rings is 1. The Balaban J connectivity index is 2.26. The minimum Gasteiger partial charge on any atom is -0.478 e. The van der Waals surface area contributed by atoms with Crippen LogP contribution in [-0.4, -0.2) is 24.2 Å². The third-order valence-corrected chi connectivity index (χ3v) is 4.28. The molecule has 1 aromatic carbocycles. The lowest BCUT2D eigenvalue weighted by Gasteiger charge is -2.32. The van der Waals surface area contributed by atoms with Crippen LogP contribution in [-0.2, 0) is 0 Å². The zero-order valence-corrected chi connectivity index (χ0v) is 13.4. The molecule has 1 aliphatic heterocycles. The lowest BCUT2D eigenvalue weighted by Crippen LogP contribution is -2.32. The van der Waals surface area contributed by atoms with Crippen molar-refractivity contribution in [1.82, 2.24) is 0 Å². The molecule has 0 radical (unpaired) electrons. The van der Waals surface area contributed by atoms with Crippen molar-refractivity contribution in [1.29, 1.82) is 0 Å². The van der Waals surface area contributed by atoms with Gasteiger partial charge in [0.2, 0.25) is 0 Å². The van der Waals surface area contributed by atoms with Gasteiger partial charge < -0.3 is 10.0 Å². The number of hydrogen-bond donors (Lipinski definition) is 1. The average Bonchev–Trinajstić information content (AvgIpc) is 2.38. The molecule has 4 heteroatoms. The molecular formula is C15H18INO2. The van der Waals surface area contributed by atoms with E-state index in [1.807, 2.05) is 12.1 Å². The van der Waals surface area contributed by atoms with Gasteiger partial charge in [-0.1, -0.05) is 11.1 Å². The summed E-state index contributed by atoms with van der Waals surface area (Å²) in [7, 11) is 0. The molecule has 1 fully saturated rings. The molecule has 0 aromatic heterocycles. The zero-order valence-electron chi connectivity index (χ0n) is 11.2. The van der Waals surface area contributed by atoms with Gasteiger partial charge in [0.05, 0.1) is 11.3 Å². The highest BCUT2D eigenvalue weighted by atomic mass is 127. The third-order valence-electron chi connectivity index (χ3n) is 3.60. The van der Waals surface area contributed by atoms with Crippen LogP contribution in [0.15, 0.2) is 29.3 Å². The second kappa shape index (κ2) is 5.94. The molecule has 1 aromatic rings. The van der Waals surface area contributed by atoms with E-state index in [0.717, 1.165) is 35.2 Å². The van der Waals surface area contributed by atoms with Crippen molar-refractivity contribution in [2.75, 3.05) is 18.0 Å². The van der Waals surface area contributed by atoms with Gasteiger partial charge in [0.15, 0.2) is 0 Å². The Labute approximate surface area is 127 Å². The van der Waals surface area contributed by atoms with Crippen LogP contribution in [0, 0.1) is 3.57 Å². The summed E-state index contributed by atoms with van der Waals surface area (Å²) in [5.74, 6) is -0.848. The number of allylic oxidation sites excluding steroid dienone is 1. The molecular weight excluding hydrogens is 353 g/mol. The summed E-state index contributed by atoms with van der Waals surface area (Å²) in [5.41, 5.74) is 4.17. The molecule has 0 amide bonds. The van der Waals surface area contributed by atoms with E-state index in [0.29, 0.717) is 5.56 Å². The van der Waals surface area contributed by atoms with E-state index < -0.39 is 5.97 Å². The maximum absolute atomic E-state index is 11.3. The number of halogens is 1. The van der Waals surface area contributed by atoms with Gasteiger partial charge in [-0.25, -0.2) is 4.79 Å². The summed E-state index contributed by atoms with van der Waals surface area (Å²) in [6.07, 6.45) is 2.07. The second-order valence-electron chi connectivity index (χ2n) is 5.06. The summed E-state index contributed by atoms with van der Waals surface area (Å²) in [6, 6.07) is 5.52. The zero-order chi connectivity index (χ0) is 14.0. The number of hydrogen-bond acceptors (Lipinski definition) is 2. The van der Waals surface area contributed by atoms with E-state index >= 15 is 0 Å². The Morgan fingerprint density at radius 1 is 1.26 bits per heavy atom. The first-order chi connectivity index (χ1) is 8.99. The number of aromatic carboxylic acids is 1. The molecule has 3 nitrogen and oxygen atoms in total. The summed E-state index contributed by atoms with van der Waals surface area (Å²) >= 11 is 2.23. The number of piperidine rings is 1. The SMILES string of the molecule is CC(C)=C1CCN(c2cc(I)ccc2C(=O)O)CC1. The van der Waals surface area contributed by atoms with Gasteiger partial charge in [-0.2, -0.15) is 0 Å². The van der Waals surface area contributed by atoms with E-state index in [-0.39, 0.29) is 0 Å². The van der Waals surface area contributed by atoms with Crippen molar-refractivity contribution >= 4 is 34.2 Å². The molecule has 102 valence electrons. The van der Waals surface area contributed by atoms with Crippen LogP contribution in [0.4, 0.5) is 5.69 Å². The van der Waals surface area contributed by atoms with Gasteiger partial charge >= 0.3 is 5.97 Å². The molecule has 0 atom stereocenters. The van der Waals surface area contributed by atoms with Crippen LogP contribution in [0.1, 0.15) is 37.0 Å². The highest BCUT2D eigenvalue weighted by Gasteiger charge is 2.20. The number of nitrogens with zero attached hydrogens (tertiary/aromatic N) is 1. The Hall–Kier alpha value is -1.04. The molecule has 0 aliphatic carbocycles. The second-order valence-corrected chi connectivity index (χ2v) is 6.30. The molecule has 19 heavy (non-hydrogen) atoms. The lowest BCUT2D eigenvalue weighted by molar-refractivity contribution is 0.0697. The molecule has 0 unspecified atom stereocenters. The van der Waals surface area contributed by atoms with Gasteiger partial charge in [0.25, 0.3) is 0 Å². The quantitative estimate of drug-likeness (QED) is 0.633. The highest BCUT2D eigenvalue weighted by molar-refractivity contribution is 14.1. The smallest absolute Gasteiger partial charge is 0.337 e. The molecule has 1 saturated heterocycles. The van der Waals surface area contributed by atoms with E-state index in [1.54, 1.807) is 6.07 Å². The third kappa shape index (κ3) is 3.29. The number of carbonyl (C=O) groups is 1. The maximum Gasteiger partial charge on any atom is 0.337 e.